The Morgan fingerprint density at radius 1 is 0.792 bits per heavy atom. The van der Waals surface area contributed by atoms with E-state index in [9.17, 15) is 10.1 Å². The minimum atomic E-state index is -0.364. The van der Waals surface area contributed by atoms with Crippen LogP contribution in [0.2, 0.25) is 0 Å². The number of rotatable bonds is 4. The Morgan fingerprint density at radius 3 is 1.88 bits per heavy atom. The summed E-state index contributed by atoms with van der Waals surface area (Å²) < 4.78 is 2.33. The van der Waals surface area contributed by atoms with Crippen LogP contribution < -0.4 is 0 Å². The van der Waals surface area contributed by atoms with Gasteiger partial charge < -0.3 is 4.57 Å². The van der Waals surface area contributed by atoms with E-state index < -0.39 is 0 Å². The van der Waals surface area contributed by atoms with Crippen LogP contribution >= 0.6 is 0 Å². The second kappa shape index (κ2) is 5.81. The lowest BCUT2D eigenvalue weighted by Gasteiger charge is -2.07. The SMILES string of the molecule is O=[N+]([O-])c1ccc(CCn2c3ccccc3c3ccccc32)cc1. The first-order valence-corrected chi connectivity index (χ1v) is 7.93. The Balaban J connectivity index is 1.70. The van der Waals surface area contributed by atoms with Gasteiger partial charge in [0, 0.05) is 40.5 Å². The molecule has 0 amide bonds. The molecule has 0 unspecified atom stereocenters. The van der Waals surface area contributed by atoms with Crippen LogP contribution in [0.15, 0.2) is 72.8 Å². The highest BCUT2D eigenvalue weighted by atomic mass is 16.6. The van der Waals surface area contributed by atoms with E-state index in [4.69, 9.17) is 0 Å². The van der Waals surface area contributed by atoms with E-state index in [-0.39, 0.29) is 10.6 Å². The number of hydrogen-bond donors (Lipinski definition) is 0. The summed E-state index contributed by atoms with van der Waals surface area (Å²) in [6.07, 6.45) is 0.834. The van der Waals surface area contributed by atoms with Gasteiger partial charge in [0.1, 0.15) is 0 Å². The van der Waals surface area contributed by atoms with Crippen molar-refractivity contribution in [3.05, 3.63) is 88.5 Å². The average Bonchev–Trinajstić information content (AvgIpc) is 2.94. The number of aryl methyl sites for hydroxylation is 2. The molecule has 4 nitrogen and oxygen atoms in total. The standard InChI is InChI=1S/C20H16N2O2/c23-22(24)16-11-9-15(10-12-16)13-14-21-19-7-3-1-5-17(19)18-6-2-4-8-20(18)21/h1-12H,13-14H2. The smallest absolute Gasteiger partial charge is 0.269 e. The maximum absolute atomic E-state index is 10.8. The first kappa shape index (κ1) is 14.5. The monoisotopic (exact) mass is 316 g/mol. The summed E-state index contributed by atoms with van der Waals surface area (Å²) in [5.41, 5.74) is 3.68. The molecule has 0 aliphatic carbocycles. The first-order valence-electron chi connectivity index (χ1n) is 7.93. The number of para-hydroxylation sites is 2. The normalized spacial score (nSPS) is 11.2. The van der Waals surface area contributed by atoms with E-state index in [1.54, 1.807) is 12.1 Å². The molecular formula is C20H16N2O2. The van der Waals surface area contributed by atoms with Gasteiger partial charge in [0.2, 0.25) is 0 Å². The highest BCUT2D eigenvalue weighted by molar-refractivity contribution is 6.07. The van der Waals surface area contributed by atoms with Gasteiger partial charge in [-0.25, -0.2) is 0 Å². The number of non-ortho nitro benzene ring substituents is 1. The number of aromatic nitrogens is 1. The van der Waals surface area contributed by atoms with Crippen LogP contribution in [-0.2, 0) is 13.0 Å². The molecule has 0 bridgehead atoms. The van der Waals surface area contributed by atoms with Crippen molar-refractivity contribution in [2.75, 3.05) is 0 Å². The summed E-state index contributed by atoms with van der Waals surface area (Å²) >= 11 is 0. The van der Waals surface area contributed by atoms with Crippen molar-refractivity contribution in [2.45, 2.75) is 13.0 Å². The molecule has 0 aliphatic heterocycles. The highest BCUT2D eigenvalue weighted by Gasteiger charge is 2.10. The molecule has 0 fully saturated rings. The van der Waals surface area contributed by atoms with Crippen molar-refractivity contribution in [3.8, 4) is 0 Å². The van der Waals surface area contributed by atoms with Gasteiger partial charge in [-0.05, 0) is 24.1 Å². The zero-order valence-corrected chi connectivity index (χ0v) is 13.1. The summed E-state index contributed by atoms with van der Waals surface area (Å²) in [4.78, 5) is 10.4. The van der Waals surface area contributed by atoms with Gasteiger partial charge >= 0.3 is 0 Å². The summed E-state index contributed by atoms with van der Waals surface area (Å²) in [6, 6.07) is 23.7. The van der Waals surface area contributed by atoms with Gasteiger partial charge in [-0.3, -0.25) is 10.1 Å². The third-order valence-electron chi connectivity index (χ3n) is 4.45. The molecular weight excluding hydrogens is 300 g/mol. The van der Waals surface area contributed by atoms with Gasteiger partial charge in [-0.15, -0.1) is 0 Å². The van der Waals surface area contributed by atoms with Crippen LogP contribution in [0.25, 0.3) is 21.8 Å². The molecule has 0 saturated heterocycles. The zero-order chi connectivity index (χ0) is 16.5. The van der Waals surface area contributed by atoms with Gasteiger partial charge in [-0.1, -0.05) is 48.5 Å². The third-order valence-corrected chi connectivity index (χ3v) is 4.45. The Labute approximate surface area is 139 Å². The van der Waals surface area contributed by atoms with E-state index in [2.05, 4.69) is 53.1 Å². The molecule has 4 rings (SSSR count). The molecule has 4 aromatic rings. The lowest BCUT2D eigenvalue weighted by Crippen LogP contribution is -2.01. The number of fused-ring (bicyclic) bond motifs is 3. The molecule has 1 aromatic heterocycles. The topological polar surface area (TPSA) is 48.1 Å². The molecule has 0 saturated carbocycles. The van der Waals surface area contributed by atoms with Gasteiger partial charge in [0.05, 0.1) is 4.92 Å². The molecule has 1 heterocycles. The number of nitro groups is 1. The molecule has 0 aliphatic rings. The molecule has 0 N–H and O–H groups in total. The molecule has 3 aromatic carbocycles. The second-order valence-electron chi connectivity index (χ2n) is 5.86. The van der Waals surface area contributed by atoms with Crippen molar-refractivity contribution < 1.29 is 4.92 Å². The van der Waals surface area contributed by atoms with E-state index in [0.717, 1.165) is 18.5 Å². The lowest BCUT2D eigenvalue weighted by atomic mass is 10.1. The van der Waals surface area contributed by atoms with E-state index in [1.165, 1.54) is 21.8 Å². The maximum atomic E-state index is 10.8. The summed E-state index contributed by atoms with van der Waals surface area (Å²) in [6.45, 7) is 0.839. The molecule has 4 heteroatoms. The average molecular weight is 316 g/mol. The van der Waals surface area contributed by atoms with E-state index in [1.807, 2.05) is 12.1 Å². The van der Waals surface area contributed by atoms with Crippen LogP contribution in [0, 0.1) is 10.1 Å². The minimum Gasteiger partial charge on any atom is -0.340 e. The fraction of sp³-hybridized carbons (Fsp3) is 0.100. The van der Waals surface area contributed by atoms with Crippen molar-refractivity contribution in [2.24, 2.45) is 0 Å². The van der Waals surface area contributed by atoms with Crippen LogP contribution in [-0.4, -0.2) is 9.49 Å². The molecule has 24 heavy (non-hydrogen) atoms. The Hall–Kier alpha value is -3.14. The quantitative estimate of drug-likeness (QED) is 0.395. The number of nitro benzene ring substituents is 1. The molecule has 0 spiro atoms. The molecule has 0 radical (unpaired) electrons. The van der Waals surface area contributed by atoms with Crippen molar-refractivity contribution in [3.63, 3.8) is 0 Å². The molecule has 0 atom stereocenters. The summed E-state index contributed by atoms with van der Waals surface area (Å²) in [5, 5.41) is 13.3. The maximum Gasteiger partial charge on any atom is 0.269 e. The zero-order valence-electron chi connectivity index (χ0n) is 13.1. The van der Waals surface area contributed by atoms with Gasteiger partial charge in [0.15, 0.2) is 0 Å². The van der Waals surface area contributed by atoms with Crippen LogP contribution in [0.3, 0.4) is 0 Å². The second-order valence-corrected chi connectivity index (χ2v) is 5.86. The Kier molecular flexibility index (Phi) is 3.50. The van der Waals surface area contributed by atoms with Crippen molar-refractivity contribution in [1.29, 1.82) is 0 Å². The highest BCUT2D eigenvalue weighted by Crippen LogP contribution is 2.29. The molecule has 118 valence electrons. The Morgan fingerprint density at radius 2 is 1.33 bits per heavy atom. The summed E-state index contributed by atoms with van der Waals surface area (Å²) in [7, 11) is 0. The van der Waals surface area contributed by atoms with Crippen LogP contribution in [0.4, 0.5) is 5.69 Å². The van der Waals surface area contributed by atoms with E-state index in [0.29, 0.717) is 0 Å². The Bertz CT molecular complexity index is 979. The first-order chi connectivity index (χ1) is 11.7. The third kappa shape index (κ3) is 2.42. The fourth-order valence-corrected chi connectivity index (χ4v) is 3.27. The van der Waals surface area contributed by atoms with Gasteiger partial charge in [-0.2, -0.15) is 0 Å². The summed E-state index contributed by atoms with van der Waals surface area (Å²) in [5.74, 6) is 0. The number of benzene rings is 3. The van der Waals surface area contributed by atoms with Crippen LogP contribution in [0.1, 0.15) is 5.56 Å². The van der Waals surface area contributed by atoms with Crippen LogP contribution in [0.5, 0.6) is 0 Å². The number of nitrogens with zero attached hydrogens (tertiary/aromatic N) is 2. The largest absolute Gasteiger partial charge is 0.340 e. The lowest BCUT2D eigenvalue weighted by molar-refractivity contribution is -0.384. The van der Waals surface area contributed by atoms with Crippen molar-refractivity contribution >= 4 is 27.5 Å². The number of hydrogen-bond acceptors (Lipinski definition) is 2. The van der Waals surface area contributed by atoms with Gasteiger partial charge in [0.25, 0.3) is 5.69 Å². The predicted molar refractivity (Wildman–Crippen MR) is 96.2 cm³/mol. The van der Waals surface area contributed by atoms with E-state index >= 15 is 0 Å². The fourth-order valence-electron chi connectivity index (χ4n) is 3.27. The minimum absolute atomic E-state index is 0.135. The van der Waals surface area contributed by atoms with Crippen molar-refractivity contribution in [1.82, 2.24) is 4.57 Å². The predicted octanol–water partition coefficient (Wildman–Crippen LogP) is 4.95.